The van der Waals surface area contributed by atoms with Crippen LogP contribution in [-0.4, -0.2) is 16.0 Å². The third kappa shape index (κ3) is 3.75. The molecular weight excluding hydrogens is 349 g/mol. The number of aromatic nitrogens is 2. The molecule has 1 unspecified atom stereocenters. The molecule has 0 aliphatic carbocycles. The normalized spacial score (nSPS) is 12.0. The molecule has 0 spiro atoms. The largest absolute Gasteiger partial charge is 0.341 e. The Hall–Kier alpha value is -2.37. The first-order valence-electron chi connectivity index (χ1n) is 7.19. The van der Waals surface area contributed by atoms with Crippen molar-refractivity contribution in [3.63, 3.8) is 0 Å². The number of nitrogens with one attached hydrogen (secondary N) is 1. The highest BCUT2D eigenvalue weighted by molar-refractivity contribution is 6.31. The molecule has 0 fully saturated rings. The molecule has 3 aromatic rings. The Kier molecular flexibility index (Phi) is 4.83. The van der Waals surface area contributed by atoms with Gasteiger partial charge >= 0.3 is 0 Å². The number of nitrogens with zero attached hydrogens (tertiary/aromatic N) is 2. The summed E-state index contributed by atoms with van der Waals surface area (Å²) in [6.07, 6.45) is 0. The van der Waals surface area contributed by atoms with Crippen molar-refractivity contribution in [3.05, 3.63) is 70.0 Å². The van der Waals surface area contributed by atoms with Crippen LogP contribution in [-0.2, 0) is 0 Å². The van der Waals surface area contributed by atoms with E-state index in [2.05, 4.69) is 15.5 Å². The van der Waals surface area contributed by atoms with Gasteiger partial charge in [-0.25, -0.2) is 0 Å². The van der Waals surface area contributed by atoms with Crippen LogP contribution in [0.25, 0.3) is 11.4 Å². The van der Waals surface area contributed by atoms with Crippen LogP contribution in [0.3, 0.4) is 0 Å². The quantitative estimate of drug-likeness (QED) is 0.740. The van der Waals surface area contributed by atoms with Gasteiger partial charge < -0.3 is 9.84 Å². The van der Waals surface area contributed by atoms with Crippen LogP contribution in [0.5, 0.6) is 0 Å². The van der Waals surface area contributed by atoms with Crippen LogP contribution in [0.1, 0.15) is 29.2 Å². The molecule has 1 N–H and O–H groups in total. The molecule has 0 bridgehead atoms. The molecule has 1 aromatic heterocycles. The van der Waals surface area contributed by atoms with Gasteiger partial charge in [-0.15, -0.1) is 0 Å². The first kappa shape index (κ1) is 16.5. The molecule has 7 heteroatoms. The van der Waals surface area contributed by atoms with Crippen LogP contribution in [0.2, 0.25) is 10.0 Å². The van der Waals surface area contributed by atoms with Crippen LogP contribution in [0, 0.1) is 0 Å². The van der Waals surface area contributed by atoms with Crippen molar-refractivity contribution in [3.8, 4) is 11.4 Å². The summed E-state index contributed by atoms with van der Waals surface area (Å²) in [7, 11) is 0. The number of carbonyl (C=O) groups is 1. The third-order valence-corrected chi connectivity index (χ3v) is 3.84. The number of halogens is 2. The molecule has 5 nitrogen and oxygen atoms in total. The van der Waals surface area contributed by atoms with E-state index in [1.165, 1.54) is 0 Å². The van der Waals surface area contributed by atoms with Gasteiger partial charge in [0.1, 0.15) is 6.04 Å². The monoisotopic (exact) mass is 361 g/mol. The summed E-state index contributed by atoms with van der Waals surface area (Å²) in [6.45, 7) is 1.77. The molecule has 1 atom stereocenters. The van der Waals surface area contributed by atoms with Gasteiger partial charge in [0.05, 0.1) is 0 Å². The van der Waals surface area contributed by atoms with Crippen LogP contribution < -0.4 is 5.32 Å². The molecular formula is C17H13Cl2N3O2. The molecule has 0 aliphatic heterocycles. The zero-order valence-electron chi connectivity index (χ0n) is 12.7. The number of amides is 1. The van der Waals surface area contributed by atoms with Crippen molar-refractivity contribution in [2.24, 2.45) is 0 Å². The van der Waals surface area contributed by atoms with Gasteiger partial charge in [0, 0.05) is 21.2 Å². The third-order valence-electron chi connectivity index (χ3n) is 3.35. The van der Waals surface area contributed by atoms with Crippen LogP contribution in [0.4, 0.5) is 0 Å². The molecule has 24 heavy (non-hydrogen) atoms. The predicted octanol–water partition coefficient (Wildman–Crippen LogP) is 4.53. The molecule has 1 heterocycles. The van der Waals surface area contributed by atoms with E-state index < -0.39 is 6.04 Å². The molecule has 0 radical (unpaired) electrons. The van der Waals surface area contributed by atoms with Crippen molar-refractivity contribution in [2.75, 3.05) is 0 Å². The van der Waals surface area contributed by atoms with Crippen molar-refractivity contribution >= 4 is 29.1 Å². The first-order chi connectivity index (χ1) is 11.5. The maximum Gasteiger partial charge on any atom is 0.251 e. The Balaban J connectivity index is 1.73. The summed E-state index contributed by atoms with van der Waals surface area (Å²) >= 11 is 11.8. The zero-order chi connectivity index (χ0) is 17.1. The van der Waals surface area contributed by atoms with Gasteiger partial charge in [-0.2, -0.15) is 4.98 Å². The highest BCUT2D eigenvalue weighted by Crippen LogP contribution is 2.21. The van der Waals surface area contributed by atoms with E-state index in [9.17, 15) is 4.79 Å². The number of hydrogen-bond donors (Lipinski definition) is 1. The minimum atomic E-state index is -0.440. The summed E-state index contributed by atoms with van der Waals surface area (Å²) in [5.74, 6) is 0.483. The summed E-state index contributed by atoms with van der Waals surface area (Å²) < 4.78 is 5.24. The molecule has 0 saturated heterocycles. The van der Waals surface area contributed by atoms with Gasteiger partial charge in [0.2, 0.25) is 11.7 Å². The Bertz CT molecular complexity index is 862. The van der Waals surface area contributed by atoms with E-state index in [4.69, 9.17) is 27.7 Å². The first-order valence-corrected chi connectivity index (χ1v) is 7.94. The molecule has 2 aromatic carbocycles. The summed E-state index contributed by atoms with van der Waals surface area (Å²) in [5, 5.41) is 7.86. The van der Waals surface area contributed by atoms with Crippen LogP contribution in [0.15, 0.2) is 53.1 Å². The van der Waals surface area contributed by atoms with E-state index in [-0.39, 0.29) is 5.91 Å². The maximum absolute atomic E-state index is 12.2. The van der Waals surface area contributed by atoms with Crippen molar-refractivity contribution in [1.82, 2.24) is 15.5 Å². The lowest BCUT2D eigenvalue weighted by Crippen LogP contribution is -2.26. The molecule has 0 aliphatic rings. The fraction of sp³-hybridized carbons (Fsp3) is 0.118. The van der Waals surface area contributed by atoms with Crippen molar-refractivity contribution in [1.29, 1.82) is 0 Å². The SMILES string of the molecule is CC(NC(=O)c1cccc(Cl)c1)c1nc(-c2ccc(Cl)cc2)no1. The molecule has 1 amide bonds. The molecule has 3 rings (SSSR count). The van der Waals surface area contributed by atoms with E-state index in [0.29, 0.717) is 27.3 Å². The van der Waals surface area contributed by atoms with Gasteiger partial charge in [0.15, 0.2) is 0 Å². The Morgan fingerprint density at radius 3 is 2.58 bits per heavy atom. The molecule has 122 valence electrons. The van der Waals surface area contributed by atoms with Gasteiger partial charge in [0.25, 0.3) is 5.91 Å². The minimum absolute atomic E-state index is 0.267. The number of hydrogen-bond acceptors (Lipinski definition) is 4. The maximum atomic E-state index is 12.2. The second kappa shape index (κ2) is 7.03. The Morgan fingerprint density at radius 2 is 1.88 bits per heavy atom. The fourth-order valence-electron chi connectivity index (χ4n) is 2.10. The smallest absolute Gasteiger partial charge is 0.251 e. The Labute approximate surface area is 148 Å². The van der Waals surface area contributed by atoms with Gasteiger partial charge in [-0.1, -0.05) is 34.4 Å². The summed E-state index contributed by atoms with van der Waals surface area (Å²) in [4.78, 5) is 16.5. The standard InChI is InChI=1S/C17H13Cl2N3O2/c1-10(20-16(23)12-3-2-4-14(19)9-12)17-21-15(22-24-17)11-5-7-13(18)8-6-11/h2-10H,1H3,(H,20,23). The van der Waals surface area contributed by atoms with Crippen LogP contribution >= 0.6 is 23.2 Å². The lowest BCUT2D eigenvalue weighted by Gasteiger charge is -2.09. The highest BCUT2D eigenvalue weighted by atomic mass is 35.5. The van der Waals surface area contributed by atoms with Gasteiger partial charge in [-0.3, -0.25) is 4.79 Å². The average molecular weight is 362 g/mol. The summed E-state index contributed by atoms with van der Waals surface area (Å²) in [5.41, 5.74) is 1.24. The predicted molar refractivity (Wildman–Crippen MR) is 92.1 cm³/mol. The second-order valence-corrected chi connectivity index (χ2v) is 6.04. The highest BCUT2D eigenvalue weighted by Gasteiger charge is 2.18. The van der Waals surface area contributed by atoms with Gasteiger partial charge in [-0.05, 0) is 49.4 Å². The lowest BCUT2D eigenvalue weighted by atomic mass is 10.2. The Morgan fingerprint density at radius 1 is 1.12 bits per heavy atom. The molecule has 0 saturated carbocycles. The number of carbonyl (C=O) groups excluding carboxylic acids is 1. The fourth-order valence-corrected chi connectivity index (χ4v) is 2.42. The topological polar surface area (TPSA) is 68.0 Å². The number of benzene rings is 2. The second-order valence-electron chi connectivity index (χ2n) is 5.17. The van der Waals surface area contributed by atoms with E-state index in [1.54, 1.807) is 55.5 Å². The lowest BCUT2D eigenvalue weighted by molar-refractivity contribution is 0.0932. The van der Waals surface area contributed by atoms with E-state index in [1.807, 2.05) is 0 Å². The van der Waals surface area contributed by atoms with Crippen molar-refractivity contribution in [2.45, 2.75) is 13.0 Å². The van der Waals surface area contributed by atoms with E-state index >= 15 is 0 Å². The average Bonchev–Trinajstić information content (AvgIpc) is 3.05. The van der Waals surface area contributed by atoms with E-state index in [0.717, 1.165) is 5.56 Å². The minimum Gasteiger partial charge on any atom is -0.341 e. The summed E-state index contributed by atoms with van der Waals surface area (Å²) in [6, 6.07) is 13.3. The number of rotatable bonds is 4. The van der Waals surface area contributed by atoms with Crippen molar-refractivity contribution < 1.29 is 9.32 Å². The zero-order valence-corrected chi connectivity index (χ0v) is 14.2.